The second-order valence-electron chi connectivity index (χ2n) is 6.00. The molecule has 0 fully saturated rings. The van der Waals surface area contributed by atoms with E-state index < -0.39 is 11.7 Å². The molecule has 0 unspecified atom stereocenters. The number of hydrogen-bond donors (Lipinski definition) is 1. The summed E-state index contributed by atoms with van der Waals surface area (Å²) in [5.41, 5.74) is 0.879. The van der Waals surface area contributed by atoms with E-state index in [4.69, 9.17) is 4.74 Å². The van der Waals surface area contributed by atoms with Gasteiger partial charge in [-0.1, -0.05) is 30.7 Å². The zero-order chi connectivity index (χ0) is 13.8. The lowest BCUT2D eigenvalue weighted by atomic mass is 9.77. The first kappa shape index (κ1) is 15.5. The summed E-state index contributed by atoms with van der Waals surface area (Å²) in [4.78, 5) is 0. The van der Waals surface area contributed by atoms with Gasteiger partial charge in [0.15, 0.2) is 0 Å². The summed E-state index contributed by atoms with van der Waals surface area (Å²) in [6.45, 7) is 8.49. The van der Waals surface area contributed by atoms with Crippen LogP contribution in [0, 0.1) is 11.8 Å². The lowest BCUT2D eigenvalue weighted by Crippen LogP contribution is -2.43. The van der Waals surface area contributed by atoms with Crippen LogP contribution in [-0.4, -0.2) is 23.9 Å². The standard InChI is InChI=1S/C16H28O2/c1-12(2)7-6-8-13(3)14-9-10-16(4,18-5)15(17)11-14/h7,9-10,13-15,17H,6,8,11H2,1-5H3/t13-,14-,15-,16+/m1/s1. The van der Waals surface area contributed by atoms with Crippen molar-refractivity contribution >= 4 is 0 Å². The molecule has 1 N–H and O–H groups in total. The van der Waals surface area contributed by atoms with Crippen LogP contribution in [0.1, 0.15) is 47.0 Å². The molecule has 0 spiro atoms. The molecule has 0 aliphatic heterocycles. The first-order chi connectivity index (χ1) is 8.39. The number of rotatable bonds is 5. The largest absolute Gasteiger partial charge is 0.390 e. The minimum atomic E-state index is -0.504. The molecule has 0 saturated heterocycles. The molecule has 2 heteroatoms. The Morgan fingerprint density at radius 2 is 2.22 bits per heavy atom. The van der Waals surface area contributed by atoms with Crippen molar-refractivity contribution in [2.24, 2.45) is 11.8 Å². The zero-order valence-corrected chi connectivity index (χ0v) is 12.4. The van der Waals surface area contributed by atoms with Crippen molar-refractivity contribution in [3.05, 3.63) is 23.8 Å². The Morgan fingerprint density at radius 1 is 1.56 bits per heavy atom. The van der Waals surface area contributed by atoms with Crippen LogP contribution in [0.3, 0.4) is 0 Å². The van der Waals surface area contributed by atoms with Crippen LogP contribution in [-0.2, 0) is 4.74 Å². The van der Waals surface area contributed by atoms with E-state index in [1.807, 2.05) is 13.0 Å². The monoisotopic (exact) mass is 252 g/mol. The number of allylic oxidation sites excluding steroid dienone is 3. The number of aliphatic hydroxyl groups is 1. The first-order valence-electron chi connectivity index (χ1n) is 6.95. The van der Waals surface area contributed by atoms with E-state index in [-0.39, 0.29) is 0 Å². The average Bonchev–Trinajstić information content (AvgIpc) is 2.32. The minimum absolute atomic E-state index is 0.400. The van der Waals surface area contributed by atoms with Gasteiger partial charge in [0.25, 0.3) is 0 Å². The summed E-state index contributed by atoms with van der Waals surface area (Å²) in [6.07, 6.45) is 9.26. The van der Waals surface area contributed by atoms with Gasteiger partial charge in [-0.05, 0) is 51.9 Å². The van der Waals surface area contributed by atoms with Crippen molar-refractivity contribution in [3.63, 3.8) is 0 Å². The smallest absolute Gasteiger partial charge is 0.109 e. The van der Waals surface area contributed by atoms with Crippen LogP contribution in [0.2, 0.25) is 0 Å². The van der Waals surface area contributed by atoms with E-state index in [1.54, 1.807) is 7.11 Å². The van der Waals surface area contributed by atoms with E-state index in [2.05, 4.69) is 32.9 Å². The van der Waals surface area contributed by atoms with Crippen LogP contribution in [0.4, 0.5) is 0 Å². The Bertz CT molecular complexity index is 315. The van der Waals surface area contributed by atoms with Crippen molar-refractivity contribution in [2.45, 2.75) is 58.7 Å². The van der Waals surface area contributed by atoms with Crippen LogP contribution in [0.25, 0.3) is 0 Å². The average molecular weight is 252 g/mol. The Balaban J connectivity index is 2.54. The Labute approximate surface area is 112 Å². The molecule has 1 aliphatic rings. The maximum atomic E-state index is 10.2. The second kappa shape index (κ2) is 6.53. The Hall–Kier alpha value is -0.600. The number of aliphatic hydroxyl groups excluding tert-OH is 1. The van der Waals surface area contributed by atoms with Gasteiger partial charge in [-0.25, -0.2) is 0 Å². The van der Waals surface area contributed by atoms with Gasteiger partial charge in [0.1, 0.15) is 5.60 Å². The fourth-order valence-corrected chi connectivity index (χ4v) is 2.47. The molecule has 0 aromatic rings. The maximum absolute atomic E-state index is 10.2. The van der Waals surface area contributed by atoms with Gasteiger partial charge < -0.3 is 9.84 Å². The highest BCUT2D eigenvalue weighted by atomic mass is 16.5. The highest BCUT2D eigenvalue weighted by Crippen LogP contribution is 2.34. The molecular weight excluding hydrogens is 224 g/mol. The predicted octanol–water partition coefficient (Wildman–Crippen LogP) is 3.71. The van der Waals surface area contributed by atoms with Gasteiger partial charge >= 0.3 is 0 Å². The molecule has 1 rings (SSSR count). The number of hydrogen-bond acceptors (Lipinski definition) is 2. The molecule has 0 aromatic heterocycles. The van der Waals surface area contributed by atoms with E-state index in [0.29, 0.717) is 11.8 Å². The second-order valence-corrected chi connectivity index (χ2v) is 6.00. The molecule has 0 amide bonds. The van der Waals surface area contributed by atoms with E-state index >= 15 is 0 Å². The Kier molecular flexibility index (Phi) is 5.61. The lowest BCUT2D eigenvalue weighted by molar-refractivity contribution is -0.0723. The molecule has 104 valence electrons. The molecule has 0 radical (unpaired) electrons. The van der Waals surface area contributed by atoms with Crippen molar-refractivity contribution in [1.29, 1.82) is 0 Å². The first-order valence-corrected chi connectivity index (χ1v) is 6.95. The zero-order valence-electron chi connectivity index (χ0n) is 12.4. The molecule has 18 heavy (non-hydrogen) atoms. The van der Waals surface area contributed by atoms with Crippen LogP contribution in [0.5, 0.6) is 0 Å². The van der Waals surface area contributed by atoms with Crippen molar-refractivity contribution in [1.82, 2.24) is 0 Å². The summed E-state index contributed by atoms with van der Waals surface area (Å²) in [7, 11) is 1.66. The third kappa shape index (κ3) is 3.96. The summed E-state index contributed by atoms with van der Waals surface area (Å²) < 4.78 is 5.39. The molecule has 4 atom stereocenters. The SMILES string of the molecule is CO[C@@]1(C)C=C[C@@H]([C@H](C)CCC=C(C)C)C[C@H]1O. The van der Waals surface area contributed by atoms with E-state index in [9.17, 15) is 5.11 Å². The van der Waals surface area contributed by atoms with E-state index in [1.165, 1.54) is 12.0 Å². The quantitative estimate of drug-likeness (QED) is 0.756. The topological polar surface area (TPSA) is 29.5 Å². The molecule has 1 aliphatic carbocycles. The van der Waals surface area contributed by atoms with Gasteiger partial charge in [0.2, 0.25) is 0 Å². The predicted molar refractivity (Wildman–Crippen MR) is 76.5 cm³/mol. The number of ether oxygens (including phenoxy) is 1. The third-order valence-electron chi connectivity index (χ3n) is 4.18. The van der Waals surface area contributed by atoms with Gasteiger partial charge in [-0.15, -0.1) is 0 Å². The van der Waals surface area contributed by atoms with E-state index in [0.717, 1.165) is 12.8 Å². The summed E-state index contributed by atoms with van der Waals surface area (Å²) in [5, 5.41) is 10.2. The molecule has 0 bridgehead atoms. The summed E-state index contributed by atoms with van der Waals surface area (Å²) in [5.74, 6) is 1.07. The van der Waals surface area contributed by atoms with Crippen LogP contribution < -0.4 is 0 Å². The molecule has 0 aromatic carbocycles. The molecule has 0 heterocycles. The molecular formula is C16H28O2. The van der Waals surface area contributed by atoms with Gasteiger partial charge in [-0.3, -0.25) is 0 Å². The van der Waals surface area contributed by atoms with Gasteiger partial charge in [0, 0.05) is 7.11 Å². The number of methoxy groups -OCH3 is 1. The molecule has 2 nitrogen and oxygen atoms in total. The van der Waals surface area contributed by atoms with Crippen molar-refractivity contribution in [2.75, 3.05) is 7.11 Å². The fourth-order valence-electron chi connectivity index (χ4n) is 2.47. The van der Waals surface area contributed by atoms with Gasteiger partial charge in [0.05, 0.1) is 6.10 Å². The summed E-state index contributed by atoms with van der Waals surface area (Å²) in [6, 6.07) is 0. The lowest BCUT2D eigenvalue weighted by Gasteiger charge is -2.37. The molecule has 0 saturated carbocycles. The van der Waals surface area contributed by atoms with Crippen molar-refractivity contribution in [3.8, 4) is 0 Å². The minimum Gasteiger partial charge on any atom is -0.390 e. The van der Waals surface area contributed by atoms with Gasteiger partial charge in [-0.2, -0.15) is 0 Å². The van der Waals surface area contributed by atoms with Crippen molar-refractivity contribution < 1.29 is 9.84 Å². The Morgan fingerprint density at radius 3 is 2.72 bits per heavy atom. The normalized spacial score (nSPS) is 33.2. The highest BCUT2D eigenvalue weighted by Gasteiger charge is 2.36. The summed E-state index contributed by atoms with van der Waals surface area (Å²) >= 11 is 0. The maximum Gasteiger partial charge on any atom is 0.109 e. The van der Waals surface area contributed by atoms with Crippen LogP contribution >= 0.6 is 0 Å². The highest BCUT2D eigenvalue weighted by molar-refractivity contribution is 5.12. The third-order valence-corrected chi connectivity index (χ3v) is 4.18. The van der Waals surface area contributed by atoms with Crippen LogP contribution in [0.15, 0.2) is 23.8 Å². The fraction of sp³-hybridized carbons (Fsp3) is 0.750.